The first-order valence-corrected chi connectivity index (χ1v) is 4.94. The number of methoxy groups -OCH3 is 1. The average molecular weight is 219 g/mol. The quantitative estimate of drug-likeness (QED) is 0.373. The molecule has 0 aromatic heterocycles. The number of phenolic OH excluding ortho intramolecular Hbond substituents is 1. The summed E-state index contributed by atoms with van der Waals surface area (Å²) in [6, 6.07) is 1.93. The van der Waals surface area contributed by atoms with Gasteiger partial charge in [0.05, 0.1) is 12.8 Å². The molecule has 6 nitrogen and oxygen atoms in total. The van der Waals surface area contributed by atoms with E-state index >= 15 is 0 Å². The minimum atomic E-state index is -4.43. The van der Waals surface area contributed by atoms with E-state index in [1.54, 1.807) is 0 Å². The Kier molecular flexibility index (Phi) is 2.54. The molecule has 0 radical (unpaired) electrons. The molecule has 0 saturated heterocycles. The van der Waals surface area contributed by atoms with Crippen LogP contribution in [0, 0.1) is 0 Å². The number of nitrogen functional groups attached to an aromatic ring is 1. The highest BCUT2D eigenvalue weighted by atomic mass is 32.2. The van der Waals surface area contributed by atoms with Crippen LogP contribution in [-0.4, -0.2) is 25.2 Å². The molecule has 7 heteroatoms. The summed E-state index contributed by atoms with van der Waals surface area (Å²) in [4.78, 5) is -0.522. The van der Waals surface area contributed by atoms with Gasteiger partial charge < -0.3 is 15.6 Å². The van der Waals surface area contributed by atoms with Gasteiger partial charge in [-0.05, 0) is 0 Å². The van der Waals surface area contributed by atoms with E-state index in [4.69, 9.17) is 15.4 Å². The Bertz CT molecular complexity index is 453. The molecule has 4 N–H and O–H groups in total. The van der Waals surface area contributed by atoms with E-state index in [0.717, 1.165) is 12.1 Å². The molecule has 0 aliphatic carbocycles. The monoisotopic (exact) mass is 219 g/mol. The summed E-state index contributed by atoms with van der Waals surface area (Å²) in [5.41, 5.74) is 5.27. The normalized spacial score (nSPS) is 11.3. The van der Waals surface area contributed by atoms with Gasteiger partial charge in [-0.2, -0.15) is 8.42 Å². The number of hydrogen-bond donors (Lipinski definition) is 3. The summed E-state index contributed by atoms with van der Waals surface area (Å²) in [7, 11) is -3.20. The number of phenols is 1. The molecule has 0 heterocycles. The molecule has 78 valence electrons. The van der Waals surface area contributed by atoms with Crippen molar-refractivity contribution in [2.45, 2.75) is 4.90 Å². The molecule has 0 fully saturated rings. The van der Waals surface area contributed by atoms with Gasteiger partial charge in [0, 0.05) is 12.1 Å². The van der Waals surface area contributed by atoms with Crippen LogP contribution in [-0.2, 0) is 10.1 Å². The van der Waals surface area contributed by atoms with Crippen molar-refractivity contribution in [3.63, 3.8) is 0 Å². The molecular formula is C7H9NO5S. The number of benzene rings is 1. The van der Waals surface area contributed by atoms with Crippen molar-refractivity contribution in [2.75, 3.05) is 12.8 Å². The van der Waals surface area contributed by atoms with Crippen LogP contribution in [0.4, 0.5) is 5.69 Å². The summed E-state index contributed by atoms with van der Waals surface area (Å²) < 4.78 is 35.0. The van der Waals surface area contributed by atoms with Crippen LogP contribution in [0.2, 0.25) is 0 Å². The Hall–Kier alpha value is -1.47. The van der Waals surface area contributed by atoms with Crippen LogP contribution >= 0.6 is 0 Å². The lowest BCUT2D eigenvalue weighted by atomic mass is 10.3. The number of nitrogens with two attached hydrogens (primary N) is 1. The second kappa shape index (κ2) is 3.35. The van der Waals surface area contributed by atoms with Crippen LogP contribution in [0.25, 0.3) is 0 Å². The van der Waals surface area contributed by atoms with Gasteiger partial charge in [-0.3, -0.25) is 4.55 Å². The summed E-state index contributed by atoms with van der Waals surface area (Å²) >= 11 is 0. The zero-order valence-corrected chi connectivity index (χ0v) is 8.08. The Morgan fingerprint density at radius 1 is 1.43 bits per heavy atom. The van der Waals surface area contributed by atoms with E-state index < -0.39 is 20.8 Å². The SMILES string of the molecule is COc1cc(N)c(O)cc1S(=O)(=O)O. The molecule has 0 amide bonds. The van der Waals surface area contributed by atoms with Gasteiger partial charge in [0.25, 0.3) is 10.1 Å². The average Bonchev–Trinajstić information content (AvgIpc) is 2.07. The summed E-state index contributed by atoms with van der Waals surface area (Å²) in [5.74, 6) is -0.554. The highest BCUT2D eigenvalue weighted by Gasteiger charge is 2.18. The predicted octanol–water partition coefficient (Wildman–Crippen LogP) is 0.230. The third-order valence-corrected chi connectivity index (χ3v) is 2.47. The van der Waals surface area contributed by atoms with Gasteiger partial charge in [-0.15, -0.1) is 0 Å². The smallest absolute Gasteiger partial charge is 0.298 e. The lowest BCUT2D eigenvalue weighted by molar-refractivity contribution is 0.394. The summed E-state index contributed by atoms with van der Waals surface area (Å²) in [5, 5.41) is 9.13. The molecule has 0 aliphatic rings. The third-order valence-electron chi connectivity index (χ3n) is 1.59. The molecule has 14 heavy (non-hydrogen) atoms. The van der Waals surface area contributed by atoms with Crippen LogP contribution in [0.15, 0.2) is 17.0 Å². The first kappa shape index (κ1) is 10.6. The van der Waals surface area contributed by atoms with Gasteiger partial charge >= 0.3 is 0 Å². The molecule has 0 spiro atoms. The largest absolute Gasteiger partial charge is 0.506 e. The van der Waals surface area contributed by atoms with Crippen LogP contribution in [0.1, 0.15) is 0 Å². The molecule has 0 aliphatic heterocycles. The number of rotatable bonds is 2. The van der Waals surface area contributed by atoms with E-state index in [0.29, 0.717) is 0 Å². The van der Waals surface area contributed by atoms with Gasteiger partial charge in [-0.1, -0.05) is 0 Å². The maximum atomic E-state index is 10.8. The highest BCUT2D eigenvalue weighted by Crippen LogP contribution is 2.32. The first-order chi connectivity index (χ1) is 6.36. The van der Waals surface area contributed by atoms with Gasteiger partial charge in [-0.25, -0.2) is 0 Å². The summed E-state index contributed by atoms with van der Waals surface area (Å²) in [6.07, 6.45) is 0. The molecule has 0 unspecified atom stereocenters. The Labute approximate surface area is 80.7 Å². The fourth-order valence-electron chi connectivity index (χ4n) is 0.926. The number of ether oxygens (including phenoxy) is 1. The summed E-state index contributed by atoms with van der Waals surface area (Å²) in [6.45, 7) is 0. The van der Waals surface area contributed by atoms with Crippen molar-refractivity contribution in [3.8, 4) is 11.5 Å². The molecule has 1 aromatic carbocycles. The van der Waals surface area contributed by atoms with Gasteiger partial charge in [0.2, 0.25) is 0 Å². The number of anilines is 1. The van der Waals surface area contributed by atoms with E-state index in [1.807, 2.05) is 0 Å². The number of aromatic hydroxyl groups is 1. The third kappa shape index (κ3) is 1.88. The fourth-order valence-corrected chi connectivity index (χ4v) is 1.58. The standard InChI is InChI=1S/C7H9NO5S/c1-13-6-2-4(8)5(9)3-7(6)14(10,11)12/h2-3,9H,8H2,1H3,(H,10,11,12). The zero-order valence-electron chi connectivity index (χ0n) is 7.26. The van der Waals surface area contributed by atoms with Crippen molar-refractivity contribution >= 4 is 15.8 Å². The van der Waals surface area contributed by atoms with Crippen LogP contribution < -0.4 is 10.5 Å². The maximum Gasteiger partial charge on any atom is 0.298 e. The second-order valence-corrected chi connectivity index (χ2v) is 3.93. The Balaban J connectivity index is 3.51. The van der Waals surface area contributed by atoms with E-state index in [9.17, 15) is 8.42 Å². The second-order valence-electron chi connectivity index (χ2n) is 2.54. The molecule has 0 saturated carbocycles. The maximum absolute atomic E-state index is 10.8. The minimum Gasteiger partial charge on any atom is -0.506 e. The van der Waals surface area contributed by atoms with Crippen molar-refractivity contribution in [3.05, 3.63) is 12.1 Å². The molecule has 1 rings (SSSR count). The van der Waals surface area contributed by atoms with Crippen LogP contribution in [0.3, 0.4) is 0 Å². The Morgan fingerprint density at radius 3 is 2.43 bits per heavy atom. The van der Waals surface area contributed by atoms with Crippen molar-refractivity contribution in [1.82, 2.24) is 0 Å². The van der Waals surface area contributed by atoms with E-state index in [1.165, 1.54) is 7.11 Å². The van der Waals surface area contributed by atoms with Gasteiger partial charge in [0.15, 0.2) is 0 Å². The lowest BCUT2D eigenvalue weighted by Crippen LogP contribution is -2.02. The zero-order chi connectivity index (χ0) is 10.9. The van der Waals surface area contributed by atoms with E-state index in [-0.39, 0.29) is 11.4 Å². The topological polar surface area (TPSA) is 110 Å². The lowest BCUT2D eigenvalue weighted by Gasteiger charge is -2.07. The predicted molar refractivity (Wildman–Crippen MR) is 48.9 cm³/mol. The molecular weight excluding hydrogens is 210 g/mol. The van der Waals surface area contributed by atoms with Crippen molar-refractivity contribution in [1.29, 1.82) is 0 Å². The first-order valence-electron chi connectivity index (χ1n) is 3.50. The molecule has 0 bridgehead atoms. The van der Waals surface area contributed by atoms with E-state index in [2.05, 4.69) is 4.74 Å². The molecule has 1 aromatic rings. The van der Waals surface area contributed by atoms with Gasteiger partial charge in [0.1, 0.15) is 16.4 Å². The minimum absolute atomic E-state index is 0.0331. The fraction of sp³-hybridized carbons (Fsp3) is 0.143. The Morgan fingerprint density at radius 2 is 2.00 bits per heavy atom. The highest BCUT2D eigenvalue weighted by molar-refractivity contribution is 7.86. The molecule has 0 atom stereocenters. The van der Waals surface area contributed by atoms with Crippen LogP contribution in [0.5, 0.6) is 11.5 Å². The number of hydrogen-bond acceptors (Lipinski definition) is 5. The van der Waals surface area contributed by atoms with Crippen molar-refractivity contribution in [2.24, 2.45) is 0 Å². The van der Waals surface area contributed by atoms with Crippen molar-refractivity contribution < 1.29 is 22.8 Å².